The fraction of sp³-hybridized carbons (Fsp3) is 0.429. The number of tetrazole rings is 1. The molecule has 1 amide bonds. The van der Waals surface area contributed by atoms with Crippen LogP contribution in [0, 0.1) is 6.92 Å². The summed E-state index contributed by atoms with van der Waals surface area (Å²) in [7, 11) is 0. The molecule has 0 unspecified atom stereocenters. The molecule has 20 heavy (non-hydrogen) atoms. The minimum absolute atomic E-state index is 0.0865. The lowest BCUT2D eigenvalue weighted by molar-refractivity contribution is -0.122. The minimum Gasteiger partial charge on any atom is -0.352 e. The molecule has 6 nitrogen and oxygen atoms in total. The van der Waals surface area contributed by atoms with Gasteiger partial charge < -0.3 is 5.32 Å². The van der Waals surface area contributed by atoms with E-state index in [1.165, 1.54) is 10.4 Å². The van der Waals surface area contributed by atoms with Crippen LogP contribution in [0.4, 0.5) is 0 Å². The number of nitrogens with zero attached hydrogens (tertiary/aromatic N) is 4. The Morgan fingerprint density at radius 2 is 2.05 bits per heavy atom. The van der Waals surface area contributed by atoms with Crippen LogP contribution in [-0.2, 0) is 11.3 Å². The van der Waals surface area contributed by atoms with Gasteiger partial charge in [0.1, 0.15) is 6.54 Å². The number of nitrogens with one attached hydrogen (secondary N) is 1. The minimum atomic E-state index is -0.104. The summed E-state index contributed by atoms with van der Waals surface area (Å²) in [5.41, 5.74) is 2.07. The molecule has 0 aliphatic rings. The summed E-state index contributed by atoms with van der Waals surface area (Å²) in [6.45, 7) is 6.09. The Morgan fingerprint density at radius 1 is 1.35 bits per heavy atom. The summed E-state index contributed by atoms with van der Waals surface area (Å²) < 4.78 is 0. The SMILES string of the molecule is CC[C@H](C)NC(=O)Cn1nnc(-c2ccc(C)cc2)n1. The summed E-state index contributed by atoms with van der Waals surface area (Å²) in [6, 6.07) is 8.02. The maximum absolute atomic E-state index is 11.7. The van der Waals surface area contributed by atoms with Gasteiger partial charge in [0, 0.05) is 11.6 Å². The molecule has 0 radical (unpaired) electrons. The van der Waals surface area contributed by atoms with Gasteiger partial charge in [-0.25, -0.2) is 0 Å². The lowest BCUT2D eigenvalue weighted by atomic mass is 10.1. The van der Waals surface area contributed by atoms with E-state index < -0.39 is 0 Å². The molecule has 1 atom stereocenters. The van der Waals surface area contributed by atoms with Crippen molar-refractivity contribution in [2.75, 3.05) is 0 Å². The van der Waals surface area contributed by atoms with Gasteiger partial charge in [0.25, 0.3) is 0 Å². The van der Waals surface area contributed by atoms with Gasteiger partial charge in [-0.05, 0) is 25.5 Å². The highest BCUT2D eigenvalue weighted by atomic mass is 16.2. The van der Waals surface area contributed by atoms with Crippen LogP contribution in [0.2, 0.25) is 0 Å². The molecular formula is C14H19N5O. The van der Waals surface area contributed by atoms with Crippen LogP contribution in [0.5, 0.6) is 0 Å². The fourth-order valence-electron chi connectivity index (χ4n) is 1.68. The molecule has 106 valence electrons. The zero-order valence-electron chi connectivity index (χ0n) is 12.0. The van der Waals surface area contributed by atoms with E-state index in [0.717, 1.165) is 12.0 Å². The largest absolute Gasteiger partial charge is 0.352 e. The van der Waals surface area contributed by atoms with Crippen LogP contribution in [0.25, 0.3) is 11.4 Å². The summed E-state index contributed by atoms with van der Waals surface area (Å²) >= 11 is 0. The van der Waals surface area contributed by atoms with Gasteiger partial charge in [0.2, 0.25) is 11.7 Å². The molecule has 1 aromatic heterocycles. The molecule has 2 rings (SSSR count). The van der Waals surface area contributed by atoms with Crippen LogP contribution in [0.3, 0.4) is 0 Å². The first-order valence-electron chi connectivity index (χ1n) is 6.72. The average Bonchev–Trinajstić information content (AvgIpc) is 2.87. The number of aromatic nitrogens is 4. The van der Waals surface area contributed by atoms with E-state index in [4.69, 9.17) is 0 Å². The predicted molar refractivity (Wildman–Crippen MR) is 75.9 cm³/mol. The molecule has 0 saturated heterocycles. The van der Waals surface area contributed by atoms with Gasteiger partial charge in [0.05, 0.1) is 0 Å². The molecule has 0 spiro atoms. The van der Waals surface area contributed by atoms with Crippen molar-refractivity contribution in [1.29, 1.82) is 0 Å². The summed E-state index contributed by atoms with van der Waals surface area (Å²) in [4.78, 5) is 13.0. The summed E-state index contributed by atoms with van der Waals surface area (Å²) in [5, 5.41) is 15.0. The first-order chi connectivity index (χ1) is 9.58. The molecular weight excluding hydrogens is 254 g/mol. The molecule has 0 aliphatic heterocycles. The Balaban J connectivity index is 2.02. The zero-order chi connectivity index (χ0) is 14.5. The Morgan fingerprint density at radius 3 is 2.70 bits per heavy atom. The Bertz CT molecular complexity index is 576. The van der Waals surface area contributed by atoms with Crippen molar-refractivity contribution < 1.29 is 4.79 Å². The lowest BCUT2D eigenvalue weighted by Crippen LogP contribution is -2.35. The third-order valence-corrected chi connectivity index (χ3v) is 3.07. The number of amides is 1. The van der Waals surface area contributed by atoms with E-state index in [9.17, 15) is 4.79 Å². The normalized spacial score (nSPS) is 12.2. The van der Waals surface area contributed by atoms with Crippen molar-refractivity contribution in [1.82, 2.24) is 25.5 Å². The number of rotatable bonds is 5. The van der Waals surface area contributed by atoms with Gasteiger partial charge in [-0.15, -0.1) is 10.2 Å². The van der Waals surface area contributed by atoms with Gasteiger partial charge >= 0.3 is 0 Å². The van der Waals surface area contributed by atoms with E-state index in [2.05, 4.69) is 20.7 Å². The number of carbonyl (C=O) groups excluding carboxylic acids is 1. The quantitative estimate of drug-likeness (QED) is 0.897. The van der Waals surface area contributed by atoms with Crippen molar-refractivity contribution >= 4 is 5.91 Å². The smallest absolute Gasteiger partial charge is 0.243 e. The van der Waals surface area contributed by atoms with Gasteiger partial charge in [0.15, 0.2) is 0 Å². The maximum atomic E-state index is 11.7. The summed E-state index contributed by atoms with van der Waals surface area (Å²) in [5.74, 6) is 0.425. The average molecular weight is 273 g/mol. The molecule has 2 aromatic rings. The molecule has 0 bridgehead atoms. The van der Waals surface area contributed by atoms with Gasteiger partial charge in [-0.2, -0.15) is 4.80 Å². The first kappa shape index (κ1) is 14.2. The second kappa shape index (κ2) is 6.27. The van der Waals surface area contributed by atoms with Crippen molar-refractivity contribution in [2.24, 2.45) is 0 Å². The van der Waals surface area contributed by atoms with Crippen LogP contribution in [-0.4, -0.2) is 32.2 Å². The molecule has 1 aromatic carbocycles. The van der Waals surface area contributed by atoms with Crippen LogP contribution in [0.15, 0.2) is 24.3 Å². The Hall–Kier alpha value is -2.24. The monoisotopic (exact) mass is 273 g/mol. The standard InChI is InChI=1S/C14H19N5O/c1-4-11(3)15-13(20)9-19-17-14(16-18-19)12-7-5-10(2)6-8-12/h5-8,11H,4,9H2,1-3H3,(H,15,20)/t11-/m0/s1. The number of hydrogen-bond donors (Lipinski definition) is 1. The highest BCUT2D eigenvalue weighted by molar-refractivity contribution is 5.75. The zero-order valence-corrected chi connectivity index (χ0v) is 12.0. The first-order valence-corrected chi connectivity index (χ1v) is 6.72. The topological polar surface area (TPSA) is 72.7 Å². The van der Waals surface area contributed by atoms with Gasteiger partial charge in [-0.3, -0.25) is 4.79 Å². The van der Waals surface area contributed by atoms with Crippen LogP contribution >= 0.6 is 0 Å². The predicted octanol–water partition coefficient (Wildman–Crippen LogP) is 1.56. The van der Waals surface area contributed by atoms with E-state index >= 15 is 0 Å². The highest BCUT2D eigenvalue weighted by Gasteiger charge is 2.10. The molecule has 0 aliphatic carbocycles. The highest BCUT2D eigenvalue weighted by Crippen LogP contribution is 2.13. The Kier molecular flexibility index (Phi) is 4.45. The van der Waals surface area contributed by atoms with Crippen molar-refractivity contribution in [3.63, 3.8) is 0 Å². The second-order valence-corrected chi connectivity index (χ2v) is 4.89. The van der Waals surface area contributed by atoms with E-state index in [-0.39, 0.29) is 18.5 Å². The van der Waals surface area contributed by atoms with Crippen LogP contribution in [0.1, 0.15) is 25.8 Å². The van der Waals surface area contributed by atoms with E-state index in [1.807, 2.05) is 45.0 Å². The number of aryl methyl sites for hydroxylation is 1. The fourth-order valence-corrected chi connectivity index (χ4v) is 1.68. The summed E-state index contributed by atoms with van der Waals surface area (Å²) in [6.07, 6.45) is 0.894. The van der Waals surface area contributed by atoms with Crippen molar-refractivity contribution in [2.45, 2.75) is 39.8 Å². The van der Waals surface area contributed by atoms with Gasteiger partial charge in [-0.1, -0.05) is 36.8 Å². The maximum Gasteiger partial charge on any atom is 0.243 e. The number of hydrogen-bond acceptors (Lipinski definition) is 4. The number of benzene rings is 1. The van der Waals surface area contributed by atoms with Crippen molar-refractivity contribution in [3.05, 3.63) is 29.8 Å². The second-order valence-electron chi connectivity index (χ2n) is 4.89. The molecule has 6 heteroatoms. The van der Waals surface area contributed by atoms with Crippen molar-refractivity contribution in [3.8, 4) is 11.4 Å². The molecule has 0 saturated carbocycles. The lowest BCUT2D eigenvalue weighted by Gasteiger charge is -2.10. The molecule has 1 heterocycles. The third-order valence-electron chi connectivity index (χ3n) is 3.07. The van der Waals surface area contributed by atoms with E-state index in [1.54, 1.807) is 0 Å². The van der Waals surface area contributed by atoms with Crippen LogP contribution < -0.4 is 5.32 Å². The Labute approximate surface area is 118 Å². The third kappa shape index (κ3) is 3.63. The number of carbonyl (C=O) groups is 1. The van der Waals surface area contributed by atoms with E-state index in [0.29, 0.717) is 5.82 Å². The molecule has 0 fully saturated rings. The molecule has 1 N–H and O–H groups in total.